The molecular weight excluding hydrogens is 582 g/mol. The highest BCUT2D eigenvalue weighted by atomic mass is 127. The van der Waals surface area contributed by atoms with E-state index < -0.39 is 22.6 Å². The Bertz CT molecular complexity index is 1280. The molecule has 0 spiro atoms. The van der Waals surface area contributed by atoms with Gasteiger partial charge in [0.05, 0.1) is 27.4 Å². The molecule has 1 amide bonds. The van der Waals surface area contributed by atoms with Crippen LogP contribution in [-0.4, -0.2) is 24.2 Å². The normalized spacial score (nSPS) is 11.3. The zero-order valence-electron chi connectivity index (χ0n) is 18.0. The van der Waals surface area contributed by atoms with Crippen LogP contribution in [0.25, 0.3) is 0 Å². The van der Waals surface area contributed by atoms with E-state index >= 15 is 0 Å². The third-order valence-electron chi connectivity index (χ3n) is 4.59. The fourth-order valence-corrected chi connectivity index (χ4v) is 3.72. The molecule has 0 aliphatic carbocycles. The average Bonchev–Trinajstić information content (AvgIpc) is 2.82. The highest BCUT2D eigenvalue weighted by Gasteiger charge is 2.30. The number of methoxy groups -OCH3 is 1. The van der Waals surface area contributed by atoms with Crippen molar-refractivity contribution in [3.05, 3.63) is 96.6 Å². The monoisotopic (exact) mass is 599 g/mol. The number of nitrogens with zero attached hydrogens (tertiary/aromatic N) is 2. The lowest BCUT2D eigenvalue weighted by Crippen LogP contribution is -2.18. The first kappa shape index (κ1) is 25.9. The van der Waals surface area contributed by atoms with Crippen LogP contribution in [0.5, 0.6) is 11.5 Å². The van der Waals surface area contributed by atoms with Gasteiger partial charge in [-0.15, -0.1) is 0 Å². The Morgan fingerprint density at radius 1 is 1.17 bits per heavy atom. The van der Waals surface area contributed by atoms with Crippen molar-refractivity contribution in [2.75, 3.05) is 7.11 Å². The highest BCUT2D eigenvalue weighted by molar-refractivity contribution is 14.1. The number of rotatable bonds is 8. The largest absolute Gasteiger partial charge is 0.493 e. The molecule has 3 aromatic rings. The third kappa shape index (κ3) is 6.91. The summed E-state index contributed by atoms with van der Waals surface area (Å²) >= 11 is 2.01. The smallest absolute Gasteiger partial charge is 0.416 e. The summed E-state index contributed by atoms with van der Waals surface area (Å²) < 4.78 is 50.3. The maximum atomic E-state index is 12.8. The van der Waals surface area contributed by atoms with Gasteiger partial charge < -0.3 is 9.47 Å². The van der Waals surface area contributed by atoms with Crippen molar-refractivity contribution in [3.63, 3.8) is 0 Å². The lowest BCUT2D eigenvalue weighted by molar-refractivity contribution is -0.384. The summed E-state index contributed by atoms with van der Waals surface area (Å²) in [5.41, 5.74) is 2.14. The Morgan fingerprint density at radius 2 is 1.91 bits per heavy atom. The van der Waals surface area contributed by atoms with Gasteiger partial charge in [0.1, 0.15) is 6.61 Å². The van der Waals surface area contributed by atoms with Gasteiger partial charge in [-0.25, -0.2) is 5.43 Å². The number of carbonyl (C=O) groups excluding carboxylic acids is 1. The van der Waals surface area contributed by atoms with Gasteiger partial charge in [0, 0.05) is 17.7 Å². The van der Waals surface area contributed by atoms with Crippen molar-refractivity contribution in [1.82, 2.24) is 5.43 Å². The second-order valence-electron chi connectivity index (χ2n) is 7.03. The molecule has 0 aliphatic rings. The number of carbonyl (C=O) groups is 1. The number of halogens is 4. The predicted molar refractivity (Wildman–Crippen MR) is 130 cm³/mol. The van der Waals surface area contributed by atoms with Crippen LogP contribution in [0.2, 0.25) is 0 Å². The lowest BCUT2D eigenvalue weighted by atomic mass is 10.1. The Balaban J connectivity index is 1.70. The molecule has 0 saturated heterocycles. The molecule has 0 heterocycles. The summed E-state index contributed by atoms with van der Waals surface area (Å²) in [5, 5.41) is 14.7. The van der Waals surface area contributed by atoms with Crippen LogP contribution in [0.3, 0.4) is 0 Å². The summed E-state index contributed by atoms with van der Waals surface area (Å²) in [5.74, 6) is -0.0383. The van der Waals surface area contributed by atoms with E-state index in [1.54, 1.807) is 24.3 Å². The number of hydrogen-bond donors (Lipinski definition) is 1. The van der Waals surface area contributed by atoms with Crippen molar-refractivity contribution in [2.45, 2.75) is 12.8 Å². The molecule has 0 unspecified atom stereocenters. The molecule has 8 nitrogen and oxygen atoms in total. The van der Waals surface area contributed by atoms with Crippen molar-refractivity contribution < 1.29 is 32.4 Å². The second-order valence-corrected chi connectivity index (χ2v) is 8.19. The number of alkyl halides is 3. The van der Waals surface area contributed by atoms with Gasteiger partial charge in [-0.1, -0.05) is 18.2 Å². The van der Waals surface area contributed by atoms with Gasteiger partial charge in [-0.2, -0.15) is 18.3 Å². The molecule has 0 saturated carbocycles. The third-order valence-corrected chi connectivity index (χ3v) is 5.39. The van der Waals surface area contributed by atoms with Crippen LogP contribution < -0.4 is 14.9 Å². The molecule has 0 aliphatic heterocycles. The number of nitrogens with one attached hydrogen (secondary N) is 1. The first-order valence-corrected chi connectivity index (χ1v) is 10.9. The summed E-state index contributed by atoms with van der Waals surface area (Å²) in [7, 11) is 1.43. The van der Waals surface area contributed by atoms with E-state index in [0.29, 0.717) is 26.2 Å². The van der Waals surface area contributed by atoms with Gasteiger partial charge in [-0.05, 0) is 64.0 Å². The summed E-state index contributed by atoms with van der Waals surface area (Å²) in [6, 6.07) is 13.3. The lowest BCUT2D eigenvalue weighted by Gasteiger charge is -2.13. The van der Waals surface area contributed by atoms with E-state index in [9.17, 15) is 28.1 Å². The number of benzene rings is 3. The second kappa shape index (κ2) is 11.2. The standard InChI is InChI=1S/C23H17F3IN3O5/c1-34-20-10-15(12-28-29-22(31)16-5-3-6-17(11-16)23(24,25)26)9-19(27)21(20)35-13-14-4-2-7-18(8-14)30(32)33/h2-12H,13H2,1H3,(H,29,31)/b28-12-. The molecule has 0 atom stereocenters. The van der Waals surface area contributed by atoms with Crippen molar-refractivity contribution in [2.24, 2.45) is 5.10 Å². The quantitative estimate of drug-likeness (QED) is 0.158. The number of hydrogen-bond acceptors (Lipinski definition) is 6. The van der Waals surface area contributed by atoms with E-state index in [-0.39, 0.29) is 17.9 Å². The number of hydrazone groups is 1. The van der Waals surface area contributed by atoms with Gasteiger partial charge in [0.2, 0.25) is 0 Å². The van der Waals surface area contributed by atoms with Crippen LogP contribution in [0.1, 0.15) is 27.0 Å². The molecule has 12 heteroatoms. The first-order chi connectivity index (χ1) is 16.6. The van der Waals surface area contributed by atoms with E-state index in [1.165, 1.54) is 31.5 Å². The van der Waals surface area contributed by atoms with Crippen LogP contribution in [0.15, 0.2) is 65.8 Å². The molecular formula is C23H17F3IN3O5. The van der Waals surface area contributed by atoms with E-state index in [4.69, 9.17) is 9.47 Å². The zero-order valence-corrected chi connectivity index (χ0v) is 20.2. The molecule has 0 fully saturated rings. The van der Waals surface area contributed by atoms with Gasteiger partial charge in [-0.3, -0.25) is 14.9 Å². The van der Waals surface area contributed by atoms with Gasteiger partial charge >= 0.3 is 6.18 Å². The zero-order chi connectivity index (χ0) is 25.6. The molecule has 3 aromatic carbocycles. The minimum absolute atomic E-state index is 0.0495. The number of amides is 1. The van der Waals surface area contributed by atoms with Crippen LogP contribution >= 0.6 is 22.6 Å². The van der Waals surface area contributed by atoms with Crippen LogP contribution in [0, 0.1) is 13.7 Å². The maximum Gasteiger partial charge on any atom is 0.416 e. The number of nitro groups is 1. The molecule has 3 rings (SSSR count). The van der Waals surface area contributed by atoms with E-state index in [1.807, 2.05) is 22.6 Å². The van der Waals surface area contributed by atoms with E-state index in [0.717, 1.165) is 18.2 Å². The van der Waals surface area contributed by atoms with Crippen molar-refractivity contribution in [3.8, 4) is 11.5 Å². The van der Waals surface area contributed by atoms with Gasteiger partial charge in [0.25, 0.3) is 11.6 Å². The summed E-state index contributed by atoms with van der Waals surface area (Å²) in [4.78, 5) is 22.6. The topological polar surface area (TPSA) is 103 Å². The Kier molecular flexibility index (Phi) is 8.27. The molecule has 35 heavy (non-hydrogen) atoms. The van der Waals surface area contributed by atoms with Gasteiger partial charge in [0.15, 0.2) is 11.5 Å². The minimum atomic E-state index is -4.56. The highest BCUT2D eigenvalue weighted by Crippen LogP contribution is 2.34. The molecule has 0 bridgehead atoms. The average molecular weight is 599 g/mol. The molecule has 0 aromatic heterocycles. The minimum Gasteiger partial charge on any atom is -0.493 e. The fraction of sp³-hybridized carbons (Fsp3) is 0.130. The number of non-ortho nitro benzene ring substituents is 1. The van der Waals surface area contributed by atoms with Crippen LogP contribution in [-0.2, 0) is 12.8 Å². The number of nitro benzene ring substituents is 1. The van der Waals surface area contributed by atoms with Crippen molar-refractivity contribution >= 4 is 40.4 Å². The predicted octanol–water partition coefficient (Wildman–Crippen LogP) is 5.57. The SMILES string of the molecule is COc1cc(/C=N\NC(=O)c2cccc(C(F)(F)F)c2)cc(I)c1OCc1cccc([N+](=O)[O-])c1. The molecule has 1 N–H and O–H groups in total. The maximum absolute atomic E-state index is 12.8. The Labute approximate surface area is 211 Å². The first-order valence-electron chi connectivity index (χ1n) is 9.83. The summed E-state index contributed by atoms with van der Waals surface area (Å²) in [6.07, 6.45) is -3.26. The Hall–Kier alpha value is -3.68. The number of ether oxygens (including phenoxy) is 2. The Morgan fingerprint density at radius 3 is 2.60 bits per heavy atom. The molecule has 182 valence electrons. The fourth-order valence-electron chi connectivity index (χ4n) is 2.94. The summed E-state index contributed by atoms with van der Waals surface area (Å²) in [6.45, 7) is 0.0640. The molecule has 0 radical (unpaired) electrons. The van der Waals surface area contributed by atoms with Crippen LogP contribution in [0.4, 0.5) is 18.9 Å². The van der Waals surface area contributed by atoms with Crippen molar-refractivity contribution in [1.29, 1.82) is 0 Å². The van der Waals surface area contributed by atoms with E-state index in [2.05, 4.69) is 10.5 Å².